The van der Waals surface area contributed by atoms with Crippen molar-refractivity contribution in [3.8, 4) is 0 Å². The van der Waals surface area contributed by atoms with Gasteiger partial charge in [0.05, 0.1) is 12.6 Å². The molecule has 0 unspecified atom stereocenters. The first-order chi connectivity index (χ1) is 7.63. The Bertz CT molecular complexity index is 342. The molecule has 1 aromatic heterocycles. The van der Waals surface area contributed by atoms with Crippen molar-refractivity contribution in [1.82, 2.24) is 15.5 Å². The standard InChI is InChI=1S/C9H16N4O2S/c1-6-12-8(15-13-6)5-11-9(14)7(10)3-4-16-2/h7H,3-5,10H2,1-2H3,(H,11,14)/t7-/m0/s1. The van der Waals surface area contributed by atoms with Crippen LogP contribution < -0.4 is 11.1 Å². The van der Waals surface area contributed by atoms with Crippen molar-refractivity contribution >= 4 is 17.7 Å². The molecule has 0 fully saturated rings. The van der Waals surface area contributed by atoms with Crippen molar-refractivity contribution in [2.75, 3.05) is 12.0 Å². The summed E-state index contributed by atoms with van der Waals surface area (Å²) in [7, 11) is 0. The zero-order valence-corrected chi connectivity index (χ0v) is 10.2. The Hall–Kier alpha value is -1.08. The van der Waals surface area contributed by atoms with E-state index in [2.05, 4.69) is 15.5 Å². The molecule has 3 N–H and O–H groups in total. The van der Waals surface area contributed by atoms with Gasteiger partial charge in [0.2, 0.25) is 11.8 Å². The predicted molar refractivity (Wildman–Crippen MR) is 61.9 cm³/mol. The Labute approximate surface area is 98.3 Å². The molecule has 1 amide bonds. The Morgan fingerprint density at radius 2 is 2.44 bits per heavy atom. The summed E-state index contributed by atoms with van der Waals surface area (Å²) in [6.07, 6.45) is 2.64. The van der Waals surface area contributed by atoms with Gasteiger partial charge in [-0.3, -0.25) is 4.79 Å². The molecule has 6 nitrogen and oxygen atoms in total. The number of amides is 1. The molecule has 0 bridgehead atoms. The average molecular weight is 244 g/mol. The molecule has 1 atom stereocenters. The summed E-state index contributed by atoms with van der Waals surface area (Å²) in [6.45, 7) is 1.95. The van der Waals surface area contributed by atoms with E-state index < -0.39 is 6.04 Å². The Morgan fingerprint density at radius 1 is 1.69 bits per heavy atom. The predicted octanol–water partition coefficient (Wildman–Crippen LogP) is 0.0746. The second-order valence-corrected chi connectivity index (χ2v) is 4.33. The van der Waals surface area contributed by atoms with Gasteiger partial charge < -0.3 is 15.6 Å². The van der Waals surface area contributed by atoms with Crippen molar-refractivity contribution < 1.29 is 9.32 Å². The molecular formula is C9H16N4O2S. The summed E-state index contributed by atoms with van der Waals surface area (Å²) in [5.74, 6) is 1.62. The van der Waals surface area contributed by atoms with Crippen LogP contribution in [0.2, 0.25) is 0 Å². The van der Waals surface area contributed by atoms with Crippen LogP contribution in [0.3, 0.4) is 0 Å². The van der Waals surface area contributed by atoms with E-state index in [1.807, 2.05) is 6.26 Å². The van der Waals surface area contributed by atoms with Crippen molar-refractivity contribution in [3.05, 3.63) is 11.7 Å². The third-order valence-corrected chi connectivity index (χ3v) is 2.60. The maximum Gasteiger partial charge on any atom is 0.246 e. The normalized spacial score (nSPS) is 12.4. The monoisotopic (exact) mass is 244 g/mol. The molecule has 0 saturated carbocycles. The van der Waals surface area contributed by atoms with E-state index in [9.17, 15) is 4.79 Å². The number of thioether (sulfide) groups is 1. The van der Waals surface area contributed by atoms with E-state index in [0.29, 0.717) is 18.1 Å². The molecule has 1 heterocycles. The summed E-state index contributed by atoms with van der Waals surface area (Å²) >= 11 is 1.66. The molecule has 0 saturated heterocycles. The fourth-order valence-corrected chi connectivity index (χ4v) is 1.57. The zero-order valence-electron chi connectivity index (χ0n) is 9.40. The SMILES string of the molecule is CSCC[C@H](N)C(=O)NCc1nc(C)no1. The van der Waals surface area contributed by atoms with Crippen molar-refractivity contribution in [2.24, 2.45) is 5.73 Å². The zero-order chi connectivity index (χ0) is 12.0. The van der Waals surface area contributed by atoms with E-state index in [1.165, 1.54) is 0 Å². The van der Waals surface area contributed by atoms with Crippen LogP contribution in [0.15, 0.2) is 4.52 Å². The maximum absolute atomic E-state index is 11.5. The van der Waals surface area contributed by atoms with Gasteiger partial charge in [-0.25, -0.2) is 0 Å². The minimum atomic E-state index is -0.475. The van der Waals surface area contributed by atoms with Gasteiger partial charge in [0.25, 0.3) is 0 Å². The summed E-state index contributed by atoms with van der Waals surface area (Å²) in [5.41, 5.74) is 5.68. The molecule has 0 spiro atoms. The van der Waals surface area contributed by atoms with Crippen LogP contribution in [0.1, 0.15) is 18.1 Å². The van der Waals surface area contributed by atoms with E-state index in [-0.39, 0.29) is 12.5 Å². The van der Waals surface area contributed by atoms with Crippen LogP contribution in [0.4, 0.5) is 0 Å². The van der Waals surface area contributed by atoms with Gasteiger partial charge >= 0.3 is 0 Å². The minimum Gasteiger partial charge on any atom is -0.346 e. The fraction of sp³-hybridized carbons (Fsp3) is 0.667. The highest BCUT2D eigenvalue weighted by molar-refractivity contribution is 7.98. The van der Waals surface area contributed by atoms with E-state index in [1.54, 1.807) is 18.7 Å². The van der Waals surface area contributed by atoms with Gasteiger partial charge in [-0.05, 0) is 25.4 Å². The molecule has 0 aliphatic carbocycles. The molecule has 1 rings (SSSR count). The fourth-order valence-electron chi connectivity index (χ4n) is 1.08. The van der Waals surface area contributed by atoms with E-state index in [4.69, 9.17) is 10.3 Å². The summed E-state index contributed by atoms with van der Waals surface area (Å²) < 4.78 is 4.85. The van der Waals surface area contributed by atoms with E-state index >= 15 is 0 Å². The third-order valence-electron chi connectivity index (χ3n) is 1.95. The van der Waals surface area contributed by atoms with Gasteiger partial charge in [-0.2, -0.15) is 16.7 Å². The largest absolute Gasteiger partial charge is 0.346 e. The lowest BCUT2D eigenvalue weighted by Crippen LogP contribution is -2.40. The Morgan fingerprint density at radius 3 is 3.00 bits per heavy atom. The summed E-state index contributed by atoms with van der Waals surface area (Å²) in [6, 6.07) is -0.475. The van der Waals surface area contributed by atoms with Gasteiger partial charge in [-0.1, -0.05) is 5.16 Å². The smallest absolute Gasteiger partial charge is 0.246 e. The highest BCUT2D eigenvalue weighted by Gasteiger charge is 2.13. The molecular weight excluding hydrogens is 228 g/mol. The Kier molecular flexibility index (Phi) is 5.27. The lowest BCUT2D eigenvalue weighted by atomic mass is 10.2. The number of rotatable bonds is 6. The lowest BCUT2D eigenvalue weighted by molar-refractivity contribution is -0.122. The van der Waals surface area contributed by atoms with Crippen LogP contribution in [0.5, 0.6) is 0 Å². The minimum absolute atomic E-state index is 0.190. The Balaban J connectivity index is 2.29. The lowest BCUT2D eigenvalue weighted by Gasteiger charge is -2.09. The number of carbonyl (C=O) groups excluding carboxylic acids is 1. The van der Waals surface area contributed by atoms with Crippen LogP contribution in [-0.2, 0) is 11.3 Å². The number of nitrogens with zero attached hydrogens (tertiary/aromatic N) is 2. The maximum atomic E-state index is 11.5. The topological polar surface area (TPSA) is 94.0 Å². The summed E-state index contributed by atoms with van der Waals surface area (Å²) in [4.78, 5) is 15.5. The van der Waals surface area contributed by atoms with Crippen molar-refractivity contribution in [2.45, 2.75) is 25.9 Å². The second-order valence-electron chi connectivity index (χ2n) is 3.34. The van der Waals surface area contributed by atoms with Crippen molar-refractivity contribution in [1.29, 1.82) is 0 Å². The first kappa shape index (κ1) is 13.0. The molecule has 0 radical (unpaired) electrons. The van der Waals surface area contributed by atoms with Crippen molar-refractivity contribution in [3.63, 3.8) is 0 Å². The summed E-state index contributed by atoms with van der Waals surface area (Å²) in [5, 5.41) is 6.27. The first-order valence-electron chi connectivity index (χ1n) is 4.95. The quantitative estimate of drug-likeness (QED) is 0.735. The number of hydrogen-bond acceptors (Lipinski definition) is 6. The average Bonchev–Trinajstić information content (AvgIpc) is 2.68. The number of aryl methyl sites for hydroxylation is 1. The van der Waals surface area contributed by atoms with Gasteiger partial charge in [0.15, 0.2) is 5.82 Å². The number of hydrogen-bond donors (Lipinski definition) is 2. The molecule has 1 aromatic rings. The van der Waals surface area contributed by atoms with Crippen LogP contribution in [0, 0.1) is 6.92 Å². The number of aromatic nitrogens is 2. The van der Waals surface area contributed by atoms with Crippen LogP contribution >= 0.6 is 11.8 Å². The van der Waals surface area contributed by atoms with Crippen LogP contribution in [0.25, 0.3) is 0 Å². The highest BCUT2D eigenvalue weighted by Crippen LogP contribution is 1.99. The van der Waals surface area contributed by atoms with Gasteiger partial charge in [-0.15, -0.1) is 0 Å². The van der Waals surface area contributed by atoms with Gasteiger partial charge in [0.1, 0.15) is 0 Å². The first-order valence-corrected chi connectivity index (χ1v) is 6.34. The number of nitrogens with two attached hydrogens (primary N) is 1. The molecule has 0 aromatic carbocycles. The number of carbonyl (C=O) groups is 1. The second kappa shape index (κ2) is 6.49. The molecule has 0 aliphatic rings. The molecule has 7 heteroatoms. The molecule has 0 aliphatic heterocycles. The van der Waals surface area contributed by atoms with E-state index in [0.717, 1.165) is 5.75 Å². The van der Waals surface area contributed by atoms with Crippen LogP contribution in [-0.4, -0.2) is 34.1 Å². The number of nitrogens with one attached hydrogen (secondary N) is 1. The van der Waals surface area contributed by atoms with Gasteiger partial charge in [0, 0.05) is 0 Å². The molecule has 90 valence electrons. The highest BCUT2D eigenvalue weighted by atomic mass is 32.2. The third kappa shape index (κ3) is 4.19. The molecule has 16 heavy (non-hydrogen) atoms.